The number of hydrogen-bond donors (Lipinski definition) is 2. The second kappa shape index (κ2) is 5.26. The predicted octanol–water partition coefficient (Wildman–Crippen LogP) is 2.78. The van der Waals surface area contributed by atoms with Crippen molar-refractivity contribution >= 4 is 22.9 Å². The molecule has 0 spiro atoms. The molecule has 104 valence electrons. The Morgan fingerprint density at radius 1 is 1.40 bits per heavy atom. The van der Waals surface area contributed by atoms with Crippen LogP contribution in [0.4, 0.5) is 5.69 Å². The normalized spacial score (nSPS) is 18.9. The summed E-state index contributed by atoms with van der Waals surface area (Å²) in [6, 6.07) is 10.2. The van der Waals surface area contributed by atoms with Crippen LogP contribution in [0.3, 0.4) is 0 Å². The molecule has 4 nitrogen and oxygen atoms in total. The summed E-state index contributed by atoms with van der Waals surface area (Å²) in [4.78, 5) is 12.9. The van der Waals surface area contributed by atoms with Crippen LogP contribution in [0.5, 0.6) is 5.75 Å². The number of amides is 1. The summed E-state index contributed by atoms with van der Waals surface area (Å²) in [7, 11) is 1.93. The number of hydrogen-bond acceptors (Lipinski definition) is 4. The van der Waals surface area contributed by atoms with Gasteiger partial charge in [0.05, 0.1) is 11.7 Å². The van der Waals surface area contributed by atoms with Crippen LogP contribution in [0.25, 0.3) is 0 Å². The molecule has 1 aromatic carbocycles. The summed E-state index contributed by atoms with van der Waals surface area (Å²) < 4.78 is 5.57. The quantitative estimate of drug-likeness (QED) is 0.913. The first-order chi connectivity index (χ1) is 9.69. The van der Waals surface area contributed by atoms with Gasteiger partial charge in [0.25, 0.3) is 5.91 Å². The van der Waals surface area contributed by atoms with Crippen LogP contribution < -0.4 is 15.4 Å². The Kier molecular flexibility index (Phi) is 3.46. The van der Waals surface area contributed by atoms with Gasteiger partial charge in [-0.2, -0.15) is 0 Å². The second-order valence-electron chi connectivity index (χ2n) is 4.74. The third-order valence-corrected chi connectivity index (χ3v) is 4.32. The van der Waals surface area contributed by atoms with E-state index in [1.54, 1.807) is 18.3 Å². The summed E-state index contributed by atoms with van der Waals surface area (Å²) in [6.45, 7) is 1.74. The van der Waals surface area contributed by atoms with E-state index in [1.165, 1.54) is 4.88 Å². The zero-order valence-electron chi connectivity index (χ0n) is 11.3. The lowest BCUT2D eigenvalue weighted by atomic mass is 10.0. The number of anilines is 1. The van der Waals surface area contributed by atoms with E-state index in [0.29, 0.717) is 0 Å². The van der Waals surface area contributed by atoms with Gasteiger partial charge in [-0.15, -0.1) is 11.3 Å². The van der Waals surface area contributed by atoms with Crippen molar-refractivity contribution in [1.29, 1.82) is 0 Å². The highest BCUT2D eigenvalue weighted by atomic mass is 32.1. The third-order valence-electron chi connectivity index (χ3n) is 3.38. The van der Waals surface area contributed by atoms with Gasteiger partial charge in [0.1, 0.15) is 5.75 Å². The Balaban J connectivity index is 1.96. The third kappa shape index (κ3) is 2.30. The number of benzene rings is 1. The van der Waals surface area contributed by atoms with Crippen LogP contribution in [0.2, 0.25) is 0 Å². The highest BCUT2D eigenvalue weighted by molar-refractivity contribution is 7.10. The van der Waals surface area contributed by atoms with E-state index in [9.17, 15) is 4.79 Å². The van der Waals surface area contributed by atoms with Crippen molar-refractivity contribution in [2.24, 2.45) is 0 Å². The number of carbonyl (C=O) groups excluding carboxylic acids is 1. The smallest absolute Gasteiger partial charge is 0.265 e. The molecule has 0 saturated carbocycles. The van der Waals surface area contributed by atoms with Crippen LogP contribution >= 0.6 is 11.3 Å². The maximum atomic E-state index is 11.7. The highest BCUT2D eigenvalue weighted by Gasteiger charge is 2.24. The lowest BCUT2D eigenvalue weighted by molar-refractivity contribution is -0.122. The minimum absolute atomic E-state index is 0.105. The molecule has 1 aliphatic heterocycles. The van der Waals surface area contributed by atoms with Gasteiger partial charge >= 0.3 is 0 Å². The molecule has 0 fully saturated rings. The van der Waals surface area contributed by atoms with Crippen LogP contribution in [0.15, 0.2) is 35.7 Å². The fraction of sp³-hybridized carbons (Fsp3) is 0.267. The molecule has 1 aromatic heterocycles. The topological polar surface area (TPSA) is 50.4 Å². The molecule has 2 N–H and O–H groups in total. The number of carbonyl (C=O) groups is 1. The molecular weight excluding hydrogens is 272 g/mol. The summed E-state index contributed by atoms with van der Waals surface area (Å²) in [5.74, 6) is 0.619. The molecule has 2 aromatic rings. The van der Waals surface area contributed by atoms with E-state index in [0.717, 1.165) is 17.0 Å². The van der Waals surface area contributed by atoms with Gasteiger partial charge in [0, 0.05) is 4.88 Å². The summed E-state index contributed by atoms with van der Waals surface area (Å²) in [5, 5.41) is 8.25. The first-order valence-corrected chi connectivity index (χ1v) is 7.39. The molecule has 5 heteroatoms. The van der Waals surface area contributed by atoms with E-state index in [-0.39, 0.29) is 11.9 Å². The molecule has 0 bridgehead atoms. The molecule has 0 radical (unpaired) electrons. The van der Waals surface area contributed by atoms with Gasteiger partial charge in [-0.05, 0) is 43.1 Å². The van der Waals surface area contributed by atoms with Gasteiger partial charge in [0.15, 0.2) is 6.10 Å². The van der Waals surface area contributed by atoms with Crippen LogP contribution in [0.1, 0.15) is 23.4 Å². The Morgan fingerprint density at radius 2 is 2.25 bits per heavy atom. The molecule has 3 rings (SSSR count). The maximum absolute atomic E-state index is 11.7. The van der Waals surface area contributed by atoms with E-state index >= 15 is 0 Å². The van der Waals surface area contributed by atoms with E-state index in [1.807, 2.05) is 31.3 Å². The van der Waals surface area contributed by atoms with E-state index < -0.39 is 6.10 Å². The van der Waals surface area contributed by atoms with E-state index in [4.69, 9.17) is 4.74 Å². The predicted molar refractivity (Wildman–Crippen MR) is 80.4 cm³/mol. The summed E-state index contributed by atoms with van der Waals surface area (Å²) in [5.41, 5.74) is 1.84. The first-order valence-electron chi connectivity index (χ1n) is 6.51. The summed E-state index contributed by atoms with van der Waals surface area (Å²) in [6.07, 6.45) is -0.439. The van der Waals surface area contributed by atoms with Crippen molar-refractivity contribution in [3.05, 3.63) is 46.2 Å². The fourth-order valence-corrected chi connectivity index (χ4v) is 3.20. The zero-order chi connectivity index (χ0) is 14.1. The van der Waals surface area contributed by atoms with E-state index in [2.05, 4.69) is 22.1 Å². The number of ether oxygens (including phenoxy) is 1. The van der Waals surface area contributed by atoms with Gasteiger partial charge in [0.2, 0.25) is 0 Å². The average Bonchev–Trinajstić information content (AvgIpc) is 2.95. The molecule has 0 aliphatic carbocycles. The molecule has 2 unspecified atom stereocenters. The lowest BCUT2D eigenvalue weighted by Gasteiger charge is -2.25. The van der Waals surface area contributed by atoms with Crippen LogP contribution in [0, 0.1) is 0 Å². The molecular formula is C15H16N2O2S. The van der Waals surface area contributed by atoms with Crippen molar-refractivity contribution in [3.63, 3.8) is 0 Å². The average molecular weight is 288 g/mol. The van der Waals surface area contributed by atoms with Gasteiger partial charge in [-0.25, -0.2) is 0 Å². The largest absolute Gasteiger partial charge is 0.479 e. The Morgan fingerprint density at radius 3 is 2.95 bits per heavy atom. The zero-order valence-corrected chi connectivity index (χ0v) is 12.2. The Labute approximate surface area is 121 Å². The van der Waals surface area contributed by atoms with Crippen LogP contribution in [-0.4, -0.2) is 19.1 Å². The molecule has 1 amide bonds. The Hall–Kier alpha value is -1.85. The van der Waals surface area contributed by atoms with Crippen molar-refractivity contribution < 1.29 is 9.53 Å². The van der Waals surface area contributed by atoms with Crippen molar-refractivity contribution in [2.45, 2.75) is 19.1 Å². The monoisotopic (exact) mass is 288 g/mol. The van der Waals surface area contributed by atoms with Gasteiger partial charge in [-0.3, -0.25) is 4.79 Å². The Bertz CT molecular complexity index is 625. The number of rotatable bonds is 3. The minimum atomic E-state index is -0.439. The maximum Gasteiger partial charge on any atom is 0.265 e. The van der Waals surface area contributed by atoms with Crippen LogP contribution in [-0.2, 0) is 4.79 Å². The molecule has 0 saturated heterocycles. The van der Waals surface area contributed by atoms with Crippen molar-refractivity contribution in [2.75, 3.05) is 12.4 Å². The standard InChI is InChI=1S/C15H16N2O2S/c1-9-15(18)17-11-8-10(5-6-12(11)19-9)14(16-2)13-4-3-7-20-13/h3-9,14,16H,1-2H3,(H,17,18). The summed E-state index contributed by atoms with van der Waals surface area (Å²) >= 11 is 1.71. The minimum Gasteiger partial charge on any atom is -0.479 e. The SMILES string of the molecule is CNC(c1ccc2c(c1)NC(=O)C(C)O2)c1cccs1. The van der Waals surface area contributed by atoms with Gasteiger partial charge < -0.3 is 15.4 Å². The number of thiophene rings is 1. The molecule has 20 heavy (non-hydrogen) atoms. The molecule has 2 atom stereocenters. The number of fused-ring (bicyclic) bond motifs is 1. The second-order valence-corrected chi connectivity index (χ2v) is 5.72. The fourth-order valence-electron chi connectivity index (χ4n) is 2.33. The van der Waals surface area contributed by atoms with Gasteiger partial charge in [-0.1, -0.05) is 12.1 Å². The number of nitrogens with one attached hydrogen (secondary N) is 2. The molecule has 2 heterocycles. The lowest BCUT2D eigenvalue weighted by Crippen LogP contribution is -2.34. The van der Waals surface area contributed by atoms with Crippen molar-refractivity contribution in [1.82, 2.24) is 5.32 Å². The van der Waals surface area contributed by atoms with Crippen molar-refractivity contribution in [3.8, 4) is 5.75 Å². The first kappa shape index (κ1) is 13.1. The highest BCUT2D eigenvalue weighted by Crippen LogP contribution is 2.34. The molecule has 1 aliphatic rings.